The number of benzene rings is 1. The summed E-state index contributed by atoms with van der Waals surface area (Å²) < 4.78 is 1.39. The van der Waals surface area contributed by atoms with Gasteiger partial charge in [0, 0.05) is 42.3 Å². The minimum atomic E-state index is -0.401. The van der Waals surface area contributed by atoms with Gasteiger partial charge in [-0.05, 0) is 32.4 Å². The molecule has 154 valence electrons. The molecule has 2 aromatic heterocycles. The van der Waals surface area contributed by atoms with Crippen LogP contribution in [-0.2, 0) is 11.3 Å². The summed E-state index contributed by atoms with van der Waals surface area (Å²) >= 11 is 0. The van der Waals surface area contributed by atoms with E-state index in [9.17, 15) is 9.59 Å². The van der Waals surface area contributed by atoms with Crippen molar-refractivity contribution in [3.05, 3.63) is 70.5 Å². The summed E-state index contributed by atoms with van der Waals surface area (Å²) in [4.78, 5) is 39.6. The minimum Gasteiger partial charge on any atom is -0.350 e. The molecular weight excluding hydrogens is 380 g/mol. The average molecular weight is 404 g/mol. The number of carbonyl (C=O) groups excluding carboxylic acids is 1. The van der Waals surface area contributed by atoms with Crippen molar-refractivity contribution in [3.63, 3.8) is 0 Å². The molecule has 0 saturated carbocycles. The molecule has 0 radical (unpaired) electrons. The van der Waals surface area contributed by atoms with Crippen LogP contribution in [0.4, 0.5) is 5.95 Å². The summed E-state index contributed by atoms with van der Waals surface area (Å²) in [6.45, 7) is 4.92. The number of nitrogens with one attached hydrogen (secondary N) is 1. The highest BCUT2D eigenvalue weighted by atomic mass is 16.2. The van der Waals surface area contributed by atoms with Gasteiger partial charge in [-0.2, -0.15) is 4.98 Å². The van der Waals surface area contributed by atoms with Gasteiger partial charge in [0.05, 0.1) is 5.69 Å². The predicted molar refractivity (Wildman–Crippen MR) is 114 cm³/mol. The van der Waals surface area contributed by atoms with Crippen molar-refractivity contribution in [3.8, 4) is 11.3 Å². The molecule has 1 unspecified atom stereocenters. The van der Waals surface area contributed by atoms with E-state index in [0.29, 0.717) is 18.2 Å². The fraction of sp³-hybridized carbons (Fsp3) is 0.318. The van der Waals surface area contributed by atoms with E-state index in [2.05, 4.69) is 25.2 Å². The molecule has 0 bridgehead atoms. The lowest BCUT2D eigenvalue weighted by molar-refractivity contribution is -0.122. The molecule has 4 rings (SSSR count). The van der Waals surface area contributed by atoms with Crippen LogP contribution in [0, 0.1) is 13.8 Å². The minimum absolute atomic E-state index is 0.0177. The van der Waals surface area contributed by atoms with Gasteiger partial charge in [-0.3, -0.25) is 9.36 Å². The first-order valence-electron chi connectivity index (χ1n) is 9.97. The van der Waals surface area contributed by atoms with Gasteiger partial charge in [0.25, 0.3) is 0 Å². The van der Waals surface area contributed by atoms with Gasteiger partial charge in [0.2, 0.25) is 11.9 Å². The van der Waals surface area contributed by atoms with Crippen molar-refractivity contribution in [2.45, 2.75) is 32.9 Å². The summed E-state index contributed by atoms with van der Waals surface area (Å²) in [5.74, 6) is 0.458. The van der Waals surface area contributed by atoms with Crippen molar-refractivity contribution in [1.82, 2.24) is 24.8 Å². The third-order valence-electron chi connectivity index (χ3n) is 5.20. The maximum absolute atomic E-state index is 12.5. The highest BCUT2D eigenvalue weighted by Gasteiger charge is 2.26. The monoisotopic (exact) mass is 404 g/mol. The lowest BCUT2D eigenvalue weighted by Gasteiger charge is -2.18. The average Bonchev–Trinajstić information content (AvgIpc) is 3.20. The molecule has 0 spiro atoms. The number of nitrogens with zero attached hydrogens (tertiary/aromatic N) is 5. The zero-order valence-electron chi connectivity index (χ0n) is 17.1. The molecule has 1 aromatic carbocycles. The molecule has 30 heavy (non-hydrogen) atoms. The first kappa shape index (κ1) is 19.8. The van der Waals surface area contributed by atoms with Crippen LogP contribution in [0.1, 0.15) is 17.8 Å². The smallest absolute Gasteiger partial charge is 0.348 e. The van der Waals surface area contributed by atoms with Crippen LogP contribution in [0.25, 0.3) is 11.3 Å². The van der Waals surface area contributed by atoms with Gasteiger partial charge in [-0.1, -0.05) is 30.3 Å². The fourth-order valence-corrected chi connectivity index (χ4v) is 3.71. The second kappa shape index (κ2) is 8.44. The molecule has 0 aliphatic carbocycles. The topological polar surface area (TPSA) is 93.0 Å². The lowest BCUT2D eigenvalue weighted by Crippen LogP contribution is -2.41. The number of amides is 1. The van der Waals surface area contributed by atoms with Gasteiger partial charge in [-0.25, -0.2) is 14.8 Å². The maximum atomic E-state index is 12.5. The Morgan fingerprint density at radius 2 is 1.97 bits per heavy atom. The van der Waals surface area contributed by atoms with Crippen LogP contribution in [0.5, 0.6) is 0 Å². The molecule has 3 heterocycles. The zero-order chi connectivity index (χ0) is 21.1. The van der Waals surface area contributed by atoms with E-state index in [4.69, 9.17) is 0 Å². The molecule has 1 atom stereocenters. The summed E-state index contributed by atoms with van der Waals surface area (Å²) in [5.41, 5.74) is 2.88. The summed E-state index contributed by atoms with van der Waals surface area (Å²) in [5, 5.41) is 3.02. The molecule has 8 heteroatoms. The SMILES string of the molecule is Cc1cc(C)n(CC(=O)NC2CCN(c3nccc(-c4ccccc4)n3)C2)c(=O)n1. The molecular formula is C22H24N6O2. The number of hydrogen-bond donors (Lipinski definition) is 1. The molecule has 1 aliphatic heterocycles. The molecule has 1 amide bonds. The Morgan fingerprint density at radius 3 is 2.73 bits per heavy atom. The van der Waals surface area contributed by atoms with Crippen molar-refractivity contribution >= 4 is 11.9 Å². The molecule has 1 fully saturated rings. The number of anilines is 1. The Morgan fingerprint density at radius 1 is 1.17 bits per heavy atom. The number of carbonyl (C=O) groups is 1. The van der Waals surface area contributed by atoms with Gasteiger partial charge >= 0.3 is 5.69 Å². The second-order valence-corrected chi connectivity index (χ2v) is 7.51. The van der Waals surface area contributed by atoms with Gasteiger partial charge in [0.15, 0.2) is 0 Å². The third kappa shape index (κ3) is 4.37. The van der Waals surface area contributed by atoms with Gasteiger partial charge < -0.3 is 10.2 Å². The number of hydrogen-bond acceptors (Lipinski definition) is 6. The van der Waals surface area contributed by atoms with Crippen molar-refractivity contribution in [1.29, 1.82) is 0 Å². The molecule has 8 nitrogen and oxygen atoms in total. The molecule has 1 saturated heterocycles. The van der Waals surface area contributed by atoms with E-state index in [-0.39, 0.29) is 18.5 Å². The van der Waals surface area contributed by atoms with E-state index in [1.54, 1.807) is 26.1 Å². The third-order valence-corrected chi connectivity index (χ3v) is 5.20. The van der Waals surface area contributed by atoms with E-state index >= 15 is 0 Å². The summed E-state index contributed by atoms with van der Waals surface area (Å²) in [6.07, 6.45) is 2.56. The van der Waals surface area contributed by atoms with Crippen molar-refractivity contribution in [2.75, 3.05) is 18.0 Å². The van der Waals surface area contributed by atoms with E-state index in [1.165, 1.54) is 4.57 Å². The van der Waals surface area contributed by atoms with Crippen LogP contribution < -0.4 is 15.9 Å². The van der Waals surface area contributed by atoms with Crippen LogP contribution in [-0.4, -0.2) is 44.6 Å². The number of aromatic nitrogens is 4. The number of aryl methyl sites for hydroxylation is 2. The Kier molecular flexibility index (Phi) is 5.56. The largest absolute Gasteiger partial charge is 0.350 e. The molecule has 1 N–H and O–H groups in total. The zero-order valence-corrected chi connectivity index (χ0v) is 17.1. The van der Waals surface area contributed by atoms with Crippen LogP contribution >= 0.6 is 0 Å². The lowest BCUT2D eigenvalue weighted by atomic mass is 10.1. The molecule has 1 aliphatic rings. The first-order valence-corrected chi connectivity index (χ1v) is 9.97. The molecule has 3 aromatic rings. The Balaban J connectivity index is 1.39. The Labute approximate surface area is 174 Å². The van der Waals surface area contributed by atoms with Crippen LogP contribution in [0.2, 0.25) is 0 Å². The van der Waals surface area contributed by atoms with Crippen molar-refractivity contribution in [2.24, 2.45) is 0 Å². The predicted octanol–water partition coefficient (Wildman–Crippen LogP) is 1.71. The van der Waals surface area contributed by atoms with Crippen LogP contribution in [0.3, 0.4) is 0 Å². The number of rotatable bonds is 5. The second-order valence-electron chi connectivity index (χ2n) is 7.51. The standard InChI is InChI=1S/C22H24N6O2/c1-15-12-16(2)28(22(30)24-15)14-20(29)25-18-9-11-27(13-18)21-23-10-8-19(26-21)17-6-4-3-5-7-17/h3-8,10,12,18H,9,11,13-14H2,1-2H3,(H,25,29). The first-order chi connectivity index (χ1) is 14.5. The Bertz CT molecular complexity index is 1110. The van der Waals surface area contributed by atoms with E-state index < -0.39 is 5.69 Å². The fourth-order valence-electron chi connectivity index (χ4n) is 3.71. The summed E-state index contributed by atoms with van der Waals surface area (Å²) in [7, 11) is 0. The van der Waals surface area contributed by atoms with Gasteiger partial charge in [0.1, 0.15) is 6.54 Å². The highest BCUT2D eigenvalue weighted by Crippen LogP contribution is 2.21. The van der Waals surface area contributed by atoms with E-state index in [1.807, 2.05) is 36.4 Å². The summed E-state index contributed by atoms with van der Waals surface area (Å²) in [6, 6.07) is 13.6. The Hall–Kier alpha value is -3.55. The quantitative estimate of drug-likeness (QED) is 0.696. The highest BCUT2D eigenvalue weighted by molar-refractivity contribution is 5.76. The maximum Gasteiger partial charge on any atom is 0.348 e. The van der Waals surface area contributed by atoms with Crippen LogP contribution in [0.15, 0.2) is 53.5 Å². The normalized spacial score (nSPS) is 15.9. The van der Waals surface area contributed by atoms with Gasteiger partial charge in [-0.15, -0.1) is 0 Å². The van der Waals surface area contributed by atoms with E-state index in [0.717, 1.165) is 29.9 Å². The van der Waals surface area contributed by atoms with Crippen molar-refractivity contribution < 1.29 is 4.79 Å².